The molecule has 0 bridgehead atoms. The summed E-state index contributed by atoms with van der Waals surface area (Å²) in [4.78, 5) is 11.4. The Morgan fingerprint density at radius 2 is 1.24 bits per heavy atom. The highest BCUT2D eigenvalue weighted by Gasteiger charge is 2.20. The fourth-order valence-corrected chi connectivity index (χ4v) is 3.45. The molecule has 1 amide bonds. The highest BCUT2D eigenvalue weighted by Crippen LogP contribution is 2.30. The van der Waals surface area contributed by atoms with Crippen LogP contribution in [0.25, 0.3) is 0 Å². The summed E-state index contributed by atoms with van der Waals surface area (Å²) in [5.41, 5.74) is 5.49. The third kappa shape index (κ3) is 10.8. The van der Waals surface area contributed by atoms with Crippen molar-refractivity contribution in [3.63, 3.8) is 0 Å². The molecule has 2 atom stereocenters. The molecule has 21 heavy (non-hydrogen) atoms. The predicted molar refractivity (Wildman–Crippen MR) is 93.1 cm³/mol. The van der Waals surface area contributed by atoms with E-state index < -0.39 is 0 Å². The molecule has 0 saturated heterocycles. The molecule has 2 N–H and O–H groups in total. The van der Waals surface area contributed by atoms with Crippen LogP contribution < -0.4 is 5.73 Å². The van der Waals surface area contributed by atoms with Crippen molar-refractivity contribution in [2.75, 3.05) is 0 Å². The Bertz CT molecular complexity index is 234. The van der Waals surface area contributed by atoms with Crippen molar-refractivity contribution in [3.8, 4) is 0 Å². The molecule has 0 spiro atoms. The summed E-state index contributed by atoms with van der Waals surface area (Å²) in [6, 6.07) is 0. The first kappa shape index (κ1) is 20.5. The monoisotopic (exact) mass is 297 g/mol. The molecule has 2 nitrogen and oxygen atoms in total. The first-order chi connectivity index (χ1) is 10.1. The maximum absolute atomic E-state index is 11.4. The zero-order chi connectivity index (χ0) is 16.1. The molecule has 0 aliphatic heterocycles. The van der Waals surface area contributed by atoms with Crippen LogP contribution in [0.2, 0.25) is 0 Å². The SMILES string of the molecule is CCCCC(CC)CC(CC(N)=O)CC(CC)CCCC. The number of unbranched alkanes of at least 4 members (excludes halogenated alkanes) is 2. The van der Waals surface area contributed by atoms with Gasteiger partial charge in [0, 0.05) is 6.42 Å². The van der Waals surface area contributed by atoms with E-state index in [1.54, 1.807) is 0 Å². The molecule has 0 saturated carbocycles. The molecule has 0 aliphatic carbocycles. The van der Waals surface area contributed by atoms with E-state index in [-0.39, 0.29) is 5.91 Å². The van der Waals surface area contributed by atoms with E-state index in [1.807, 2.05) is 0 Å². The molecule has 0 radical (unpaired) electrons. The number of amides is 1. The highest BCUT2D eigenvalue weighted by molar-refractivity contribution is 5.73. The molecular formula is C19H39NO. The quantitative estimate of drug-likeness (QED) is 0.439. The normalized spacial score (nSPS) is 15.6. The lowest BCUT2D eigenvalue weighted by molar-refractivity contribution is -0.119. The molecule has 2 unspecified atom stereocenters. The number of primary amides is 1. The first-order valence-electron chi connectivity index (χ1n) is 9.35. The summed E-state index contributed by atoms with van der Waals surface area (Å²) < 4.78 is 0. The van der Waals surface area contributed by atoms with Crippen molar-refractivity contribution >= 4 is 5.91 Å². The Morgan fingerprint density at radius 1 is 0.810 bits per heavy atom. The second kappa shape index (κ2) is 13.2. The van der Waals surface area contributed by atoms with Crippen molar-refractivity contribution in [1.82, 2.24) is 0 Å². The topological polar surface area (TPSA) is 43.1 Å². The van der Waals surface area contributed by atoms with Crippen LogP contribution in [0.4, 0.5) is 0 Å². The molecule has 0 fully saturated rings. The second-order valence-electron chi connectivity index (χ2n) is 6.84. The maximum Gasteiger partial charge on any atom is 0.217 e. The number of nitrogens with two attached hydrogens (primary N) is 1. The number of hydrogen-bond acceptors (Lipinski definition) is 1. The smallest absolute Gasteiger partial charge is 0.217 e. The number of carbonyl (C=O) groups excluding carboxylic acids is 1. The Labute approximate surface area is 133 Å². The van der Waals surface area contributed by atoms with Crippen LogP contribution >= 0.6 is 0 Å². The van der Waals surface area contributed by atoms with E-state index >= 15 is 0 Å². The Kier molecular flexibility index (Phi) is 12.8. The summed E-state index contributed by atoms with van der Waals surface area (Å²) in [5.74, 6) is 1.94. The van der Waals surface area contributed by atoms with Crippen LogP contribution in [0.3, 0.4) is 0 Å². The van der Waals surface area contributed by atoms with Gasteiger partial charge in [-0.25, -0.2) is 0 Å². The van der Waals surface area contributed by atoms with Crippen molar-refractivity contribution in [2.45, 2.75) is 98.3 Å². The van der Waals surface area contributed by atoms with E-state index in [0.29, 0.717) is 12.3 Å². The van der Waals surface area contributed by atoms with Gasteiger partial charge in [-0.3, -0.25) is 4.79 Å². The standard InChI is InChI=1S/C19H39NO/c1-5-9-11-16(7-3)13-18(15-19(20)21)14-17(8-4)12-10-6-2/h16-18H,5-15H2,1-4H3,(H2,20,21). The van der Waals surface area contributed by atoms with Gasteiger partial charge in [-0.2, -0.15) is 0 Å². The first-order valence-corrected chi connectivity index (χ1v) is 9.35. The summed E-state index contributed by atoms with van der Waals surface area (Å²) in [6.45, 7) is 9.09. The molecular weight excluding hydrogens is 258 g/mol. The lowest BCUT2D eigenvalue weighted by Crippen LogP contribution is -2.21. The summed E-state index contributed by atoms with van der Waals surface area (Å²) >= 11 is 0. The van der Waals surface area contributed by atoms with Crippen molar-refractivity contribution in [3.05, 3.63) is 0 Å². The van der Waals surface area contributed by atoms with Crippen LogP contribution in [0, 0.1) is 17.8 Å². The van der Waals surface area contributed by atoms with E-state index in [2.05, 4.69) is 27.7 Å². The average Bonchev–Trinajstić information content (AvgIpc) is 2.46. The van der Waals surface area contributed by atoms with Crippen LogP contribution in [0.15, 0.2) is 0 Å². The van der Waals surface area contributed by atoms with E-state index in [4.69, 9.17) is 5.73 Å². The zero-order valence-corrected chi connectivity index (χ0v) is 15.0. The predicted octanol–water partition coefficient (Wildman–Crippen LogP) is 5.69. The number of rotatable bonds is 14. The minimum absolute atomic E-state index is 0.115. The van der Waals surface area contributed by atoms with Gasteiger partial charge in [-0.05, 0) is 30.6 Å². The van der Waals surface area contributed by atoms with Crippen LogP contribution in [0.5, 0.6) is 0 Å². The van der Waals surface area contributed by atoms with E-state index in [9.17, 15) is 4.79 Å². The largest absolute Gasteiger partial charge is 0.370 e. The minimum Gasteiger partial charge on any atom is -0.370 e. The third-order valence-electron chi connectivity index (χ3n) is 4.91. The van der Waals surface area contributed by atoms with Gasteiger partial charge in [-0.1, -0.05) is 79.1 Å². The molecule has 0 aromatic heterocycles. The lowest BCUT2D eigenvalue weighted by Gasteiger charge is -2.26. The van der Waals surface area contributed by atoms with Gasteiger partial charge in [0.25, 0.3) is 0 Å². The second-order valence-corrected chi connectivity index (χ2v) is 6.84. The molecule has 0 heterocycles. The van der Waals surface area contributed by atoms with Gasteiger partial charge >= 0.3 is 0 Å². The van der Waals surface area contributed by atoms with Gasteiger partial charge in [-0.15, -0.1) is 0 Å². The summed E-state index contributed by atoms with van der Waals surface area (Å²) in [6.07, 6.45) is 13.2. The summed E-state index contributed by atoms with van der Waals surface area (Å²) in [7, 11) is 0. The third-order valence-corrected chi connectivity index (χ3v) is 4.91. The minimum atomic E-state index is -0.115. The molecule has 0 aliphatic rings. The molecule has 0 aromatic rings. The van der Waals surface area contributed by atoms with Crippen LogP contribution in [0.1, 0.15) is 98.3 Å². The molecule has 2 heteroatoms. The zero-order valence-electron chi connectivity index (χ0n) is 15.0. The lowest BCUT2D eigenvalue weighted by atomic mass is 9.80. The average molecular weight is 298 g/mol. The highest BCUT2D eigenvalue weighted by atomic mass is 16.1. The van der Waals surface area contributed by atoms with Gasteiger partial charge in [0.15, 0.2) is 0 Å². The van der Waals surface area contributed by atoms with Crippen LogP contribution in [-0.4, -0.2) is 5.91 Å². The molecule has 0 rings (SSSR count). The van der Waals surface area contributed by atoms with Crippen LogP contribution in [-0.2, 0) is 4.79 Å². The molecule has 0 aromatic carbocycles. The summed E-state index contributed by atoms with van der Waals surface area (Å²) in [5, 5.41) is 0. The van der Waals surface area contributed by atoms with E-state index in [1.165, 1.54) is 64.2 Å². The van der Waals surface area contributed by atoms with Gasteiger partial charge < -0.3 is 5.73 Å². The Hall–Kier alpha value is -0.530. The van der Waals surface area contributed by atoms with Gasteiger partial charge in [0.05, 0.1) is 0 Å². The van der Waals surface area contributed by atoms with Crippen molar-refractivity contribution in [2.24, 2.45) is 23.5 Å². The van der Waals surface area contributed by atoms with Crippen molar-refractivity contribution in [1.29, 1.82) is 0 Å². The fourth-order valence-electron chi connectivity index (χ4n) is 3.45. The van der Waals surface area contributed by atoms with Gasteiger partial charge in [0.2, 0.25) is 5.91 Å². The van der Waals surface area contributed by atoms with Gasteiger partial charge in [0.1, 0.15) is 0 Å². The number of hydrogen-bond donors (Lipinski definition) is 1. The van der Waals surface area contributed by atoms with Crippen molar-refractivity contribution < 1.29 is 4.79 Å². The van der Waals surface area contributed by atoms with E-state index in [0.717, 1.165) is 11.8 Å². The molecule has 126 valence electrons. The number of carbonyl (C=O) groups is 1. The Morgan fingerprint density at radius 3 is 1.52 bits per heavy atom. The fraction of sp³-hybridized carbons (Fsp3) is 0.947. The maximum atomic E-state index is 11.4. The Balaban J connectivity index is 4.49.